The maximum absolute atomic E-state index is 12.3. The van der Waals surface area contributed by atoms with Crippen LogP contribution in [0.5, 0.6) is 0 Å². The van der Waals surface area contributed by atoms with Gasteiger partial charge in [0.25, 0.3) is 0 Å². The van der Waals surface area contributed by atoms with E-state index >= 15 is 0 Å². The first-order valence-corrected chi connectivity index (χ1v) is 7.38. The van der Waals surface area contributed by atoms with Crippen LogP contribution in [0.25, 0.3) is 11.1 Å². The molecule has 0 amide bonds. The van der Waals surface area contributed by atoms with Crippen molar-refractivity contribution in [2.75, 3.05) is 6.16 Å². The molecule has 0 aromatic heterocycles. The summed E-state index contributed by atoms with van der Waals surface area (Å²) >= 11 is 0. The minimum atomic E-state index is 0.273. The van der Waals surface area contributed by atoms with Gasteiger partial charge in [-0.15, -0.1) is 0 Å². The van der Waals surface area contributed by atoms with Crippen LogP contribution in [0.15, 0.2) is 48.5 Å². The minimum absolute atomic E-state index is 0.273. The standard InChI is InChI=1S/C16H17OP/c1-3-18-16(17)15-12(2)8-7-11-14(15)13-9-5-4-6-10-13/h4-11,18H,3H2,1-2H3. The van der Waals surface area contributed by atoms with Crippen molar-refractivity contribution in [2.24, 2.45) is 0 Å². The molecule has 1 atom stereocenters. The third kappa shape index (κ3) is 2.68. The SMILES string of the molecule is CCPC(=O)c1c(C)cccc1-c1ccccc1. The van der Waals surface area contributed by atoms with E-state index in [1.807, 2.05) is 43.3 Å². The zero-order valence-electron chi connectivity index (χ0n) is 10.7. The second-order valence-electron chi connectivity index (χ2n) is 4.22. The van der Waals surface area contributed by atoms with E-state index in [1.54, 1.807) is 0 Å². The van der Waals surface area contributed by atoms with Crippen molar-refractivity contribution in [3.05, 3.63) is 59.7 Å². The van der Waals surface area contributed by atoms with E-state index in [-0.39, 0.29) is 5.52 Å². The molecule has 0 fully saturated rings. The zero-order chi connectivity index (χ0) is 13.0. The second kappa shape index (κ2) is 5.93. The number of aryl methyl sites for hydroxylation is 1. The van der Waals surface area contributed by atoms with Crippen LogP contribution >= 0.6 is 8.58 Å². The monoisotopic (exact) mass is 256 g/mol. The van der Waals surface area contributed by atoms with Gasteiger partial charge in [0.2, 0.25) is 0 Å². The highest BCUT2D eigenvalue weighted by atomic mass is 31.1. The van der Waals surface area contributed by atoms with Gasteiger partial charge in [0, 0.05) is 5.56 Å². The molecule has 1 unspecified atom stereocenters. The fourth-order valence-corrected chi connectivity index (χ4v) is 2.91. The van der Waals surface area contributed by atoms with Gasteiger partial charge in [0.1, 0.15) is 0 Å². The zero-order valence-corrected chi connectivity index (χ0v) is 11.7. The summed E-state index contributed by atoms with van der Waals surface area (Å²) in [7, 11) is 0.365. The van der Waals surface area contributed by atoms with E-state index in [4.69, 9.17) is 0 Å². The Balaban J connectivity index is 2.55. The number of hydrogen-bond donors (Lipinski definition) is 0. The summed E-state index contributed by atoms with van der Waals surface area (Å²) < 4.78 is 0. The van der Waals surface area contributed by atoms with Crippen LogP contribution in [-0.4, -0.2) is 11.7 Å². The number of carbonyl (C=O) groups is 1. The second-order valence-corrected chi connectivity index (χ2v) is 5.74. The molecular formula is C16H17OP. The summed E-state index contributed by atoms with van der Waals surface area (Å²) in [6.07, 6.45) is 0.918. The van der Waals surface area contributed by atoms with E-state index in [2.05, 4.69) is 19.1 Å². The maximum Gasteiger partial charge on any atom is 0.181 e. The normalized spacial score (nSPS) is 11.0. The highest BCUT2D eigenvalue weighted by Crippen LogP contribution is 2.31. The molecule has 0 heterocycles. The molecule has 18 heavy (non-hydrogen) atoms. The van der Waals surface area contributed by atoms with Gasteiger partial charge < -0.3 is 0 Å². The van der Waals surface area contributed by atoms with Gasteiger partial charge in [0.05, 0.1) is 0 Å². The highest BCUT2D eigenvalue weighted by molar-refractivity contribution is 7.58. The molecule has 0 saturated carbocycles. The minimum Gasteiger partial charge on any atom is -0.289 e. The van der Waals surface area contributed by atoms with Gasteiger partial charge in [-0.3, -0.25) is 4.79 Å². The highest BCUT2D eigenvalue weighted by Gasteiger charge is 2.14. The number of hydrogen-bond acceptors (Lipinski definition) is 1. The molecule has 2 heteroatoms. The predicted octanol–water partition coefficient (Wildman–Crippen LogP) is 4.50. The Bertz CT molecular complexity index is 546. The van der Waals surface area contributed by atoms with Crippen molar-refractivity contribution >= 4 is 14.1 Å². The van der Waals surface area contributed by atoms with Crippen LogP contribution in [0, 0.1) is 6.92 Å². The van der Waals surface area contributed by atoms with E-state index < -0.39 is 0 Å². The summed E-state index contributed by atoms with van der Waals surface area (Å²) in [5, 5.41) is 0. The Kier molecular flexibility index (Phi) is 4.28. The Morgan fingerprint density at radius 3 is 2.44 bits per heavy atom. The van der Waals surface area contributed by atoms with Gasteiger partial charge in [-0.05, 0) is 38.4 Å². The largest absolute Gasteiger partial charge is 0.289 e. The van der Waals surface area contributed by atoms with Crippen molar-refractivity contribution in [2.45, 2.75) is 13.8 Å². The van der Waals surface area contributed by atoms with E-state index in [0.29, 0.717) is 8.58 Å². The topological polar surface area (TPSA) is 17.1 Å². The lowest BCUT2D eigenvalue weighted by atomic mass is 9.97. The Hall–Kier alpha value is -1.46. The molecule has 0 spiro atoms. The molecule has 2 rings (SSSR count). The van der Waals surface area contributed by atoms with E-state index in [9.17, 15) is 4.79 Å². The molecule has 0 aliphatic carbocycles. The van der Waals surface area contributed by atoms with Gasteiger partial charge in [-0.2, -0.15) is 0 Å². The van der Waals surface area contributed by atoms with Crippen molar-refractivity contribution in [3.63, 3.8) is 0 Å². The fourth-order valence-electron chi connectivity index (χ4n) is 2.08. The maximum atomic E-state index is 12.3. The summed E-state index contributed by atoms with van der Waals surface area (Å²) in [4.78, 5) is 12.3. The Labute approximate surface area is 110 Å². The molecule has 92 valence electrons. The Morgan fingerprint density at radius 2 is 1.78 bits per heavy atom. The van der Waals surface area contributed by atoms with Gasteiger partial charge in [-0.1, -0.05) is 55.5 Å². The molecule has 0 saturated heterocycles. The first-order chi connectivity index (χ1) is 8.74. The van der Waals surface area contributed by atoms with Crippen LogP contribution in [0.3, 0.4) is 0 Å². The van der Waals surface area contributed by atoms with E-state index in [0.717, 1.165) is 28.4 Å². The summed E-state index contributed by atoms with van der Waals surface area (Å²) in [6, 6.07) is 16.2. The molecule has 0 radical (unpaired) electrons. The number of carbonyl (C=O) groups excluding carboxylic acids is 1. The third-order valence-corrected chi connectivity index (χ3v) is 3.85. The van der Waals surface area contributed by atoms with Crippen molar-refractivity contribution < 1.29 is 4.79 Å². The van der Waals surface area contributed by atoms with Crippen molar-refractivity contribution in [1.82, 2.24) is 0 Å². The molecule has 0 N–H and O–H groups in total. The molecule has 0 aliphatic rings. The lowest BCUT2D eigenvalue weighted by molar-refractivity contribution is 0.108. The number of rotatable bonds is 4. The lowest BCUT2D eigenvalue weighted by Crippen LogP contribution is -1.99. The van der Waals surface area contributed by atoms with Crippen LogP contribution in [-0.2, 0) is 0 Å². The first kappa shape index (κ1) is 13.0. The Morgan fingerprint density at radius 1 is 1.06 bits per heavy atom. The van der Waals surface area contributed by atoms with Crippen LogP contribution in [0.4, 0.5) is 0 Å². The van der Waals surface area contributed by atoms with Gasteiger partial charge >= 0.3 is 0 Å². The molecule has 0 aliphatic heterocycles. The molecule has 1 nitrogen and oxygen atoms in total. The van der Waals surface area contributed by atoms with Crippen LogP contribution in [0.1, 0.15) is 22.8 Å². The van der Waals surface area contributed by atoms with Crippen LogP contribution < -0.4 is 0 Å². The average molecular weight is 256 g/mol. The van der Waals surface area contributed by atoms with Gasteiger partial charge in [-0.25, -0.2) is 0 Å². The summed E-state index contributed by atoms with van der Waals surface area (Å²) in [6.45, 7) is 4.07. The predicted molar refractivity (Wildman–Crippen MR) is 79.8 cm³/mol. The molecular weight excluding hydrogens is 239 g/mol. The van der Waals surface area contributed by atoms with E-state index in [1.165, 1.54) is 0 Å². The number of benzene rings is 2. The average Bonchev–Trinajstić information content (AvgIpc) is 2.39. The molecule has 2 aromatic carbocycles. The van der Waals surface area contributed by atoms with Crippen molar-refractivity contribution in [3.8, 4) is 11.1 Å². The smallest absolute Gasteiger partial charge is 0.181 e. The van der Waals surface area contributed by atoms with Crippen molar-refractivity contribution in [1.29, 1.82) is 0 Å². The first-order valence-electron chi connectivity index (χ1n) is 6.17. The quantitative estimate of drug-likeness (QED) is 0.736. The summed E-state index contributed by atoms with van der Waals surface area (Å²) in [5.74, 6) is 0. The third-order valence-electron chi connectivity index (χ3n) is 2.92. The van der Waals surface area contributed by atoms with Gasteiger partial charge in [0.15, 0.2) is 5.52 Å². The molecule has 2 aromatic rings. The summed E-state index contributed by atoms with van der Waals surface area (Å²) in [5.41, 5.74) is 4.41. The van der Waals surface area contributed by atoms with Crippen LogP contribution in [0.2, 0.25) is 0 Å². The molecule has 0 bridgehead atoms. The fraction of sp³-hybridized carbons (Fsp3) is 0.188. The lowest BCUT2D eigenvalue weighted by Gasteiger charge is -2.11.